The first-order valence-electron chi connectivity index (χ1n) is 10.2. The number of sulfonamides is 1. The Morgan fingerprint density at radius 2 is 2.07 bits per heavy atom. The second-order valence-electron chi connectivity index (χ2n) is 7.89. The normalized spacial score (nSPS) is 14.3. The minimum absolute atomic E-state index is 0.0249. The molecule has 1 saturated carbocycles. The van der Waals surface area contributed by atoms with Crippen molar-refractivity contribution in [3.05, 3.63) is 35.7 Å². The van der Waals surface area contributed by atoms with Gasteiger partial charge in [-0.15, -0.1) is 10.2 Å². The molecule has 1 heterocycles. The third-order valence-electron chi connectivity index (χ3n) is 4.69. The number of aromatic nitrogens is 3. The molecular weight excluding hydrogens is 422 g/mol. The van der Waals surface area contributed by atoms with E-state index >= 15 is 0 Å². The van der Waals surface area contributed by atoms with Crippen LogP contribution < -0.4 is 10.0 Å². The molecule has 30 heavy (non-hydrogen) atoms. The largest absolute Gasteiger partial charge is 0.352 e. The zero-order chi connectivity index (χ0) is 21.7. The van der Waals surface area contributed by atoms with Gasteiger partial charge in [0, 0.05) is 31.1 Å². The molecule has 2 N–H and O–H groups in total. The molecule has 0 atom stereocenters. The van der Waals surface area contributed by atoms with E-state index in [1.807, 2.05) is 6.26 Å². The van der Waals surface area contributed by atoms with Crippen LogP contribution in [-0.4, -0.2) is 47.9 Å². The van der Waals surface area contributed by atoms with E-state index in [-0.39, 0.29) is 16.8 Å². The van der Waals surface area contributed by atoms with Gasteiger partial charge in [0.15, 0.2) is 5.16 Å². The maximum absolute atomic E-state index is 12.5. The number of thioether (sulfide) groups is 1. The Balaban J connectivity index is 1.54. The molecule has 0 spiro atoms. The molecule has 1 aromatic carbocycles. The summed E-state index contributed by atoms with van der Waals surface area (Å²) in [5.41, 5.74) is 0.335. The van der Waals surface area contributed by atoms with Gasteiger partial charge >= 0.3 is 0 Å². The molecule has 1 aliphatic carbocycles. The van der Waals surface area contributed by atoms with Crippen LogP contribution in [0.15, 0.2) is 34.3 Å². The predicted molar refractivity (Wildman–Crippen MR) is 117 cm³/mol. The fourth-order valence-corrected chi connectivity index (χ4v) is 4.92. The summed E-state index contributed by atoms with van der Waals surface area (Å²) in [5.74, 6) is 1.12. The van der Waals surface area contributed by atoms with Crippen molar-refractivity contribution in [3.63, 3.8) is 0 Å². The van der Waals surface area contributed by atoms with Crippen LogP contribution in [0.4, 0.5) is 0 Å². The highest BCUT2D eigenvalue weighted by Crippen LogP contribution is 2.22. The van der Waals surface area contributed by atoms with Crippen LogP contribution in [-0.2, 0) is 23.0 Å². The summed E-state index contributed by atoms with van der Waals surface area (Å²) in [6.07, 6.45) is 5.14. The Labute approximate surface area is 182 Å². The summed E-state index contributed by atoms with van der Waals surface area (Å²) in [6.45, 7) is 5.64. The summed E-state index contributed by atoms with van der Waals surface area (Å²) < 4.78 is 29.5. The molecule has 164 valence electrons. The molecule has 0 unspecified atom stereocenters. The number of aryl methyl sites for hydroxylation is 1. The van der Waals surface area contributed by atoms with Gasteiger partial charge in [0.1, 0.15) is 5.82 Å². The number of rotatable bonds is 11. The predicted octanol–water partition coefficient (Wildman–Crippen LogP) is 2.46. The molecule has 0 bridgehead atoms. The molecule has 0 aliphatic heterocycles. The van der Waals surface area contributed by atoms with Gasteiger partial charge in [0.05, 0.1) is 4.90 Å². The van der Waals surface area contributed by atoms with Crippen LogP contribution in [0.25, 0.3) is 0 Å². The number of benzene rings is 1. The van der Waals surface area contributed by atoms with Crippen molar-refractivity contribution in [2.24, 2.45) is 5.92 Å². The first-order valence-corrected chi connectivity index (χ1v) is 12.9. The van der Waals surface area contributed by atoms with Crippen LogP contribution in [0.2, 0.25) is 0 Å². The summed E-state index contributed by atoms with van der Waals surface area (Å²) >= 11 is 1.58. The van der Waals surface area contributed by atoms with Crippen molar-refractivity contribution < 1.29 is 13.2 Å². The lowest BCUT2D eigenvalue weighted by Gasteiger charge is -2.12. The van der Waals surface area contributed by atoms with Crippen LogP contribution >= 0.6 is 11.8 Å². The molecule has 10 heteroatoms. The Morgan fingerprint density at radius 1 is 1.30 bits per heavy atom. The molecule has 3 rings (SSSR count). The zero-order valence-electron chi connectivity index (χ0n) is 17.6. The van der Waals surface area contributed by atoms with Gasteiger partial charge < -0.3 is 9.88 Å². The smallest absolute Gasteiger partial charge is 0.251 e. The third-order valence-corrected chi connectivity index (χ3v) is 6.88. The average molecular weight is 452 g/mol. The van der Waals surface area contributed by atoms with E-state index in [1.54, 1.807) is 23.9 Å². The van der Waals surface area contributed by atoms with E-state index in [1.165, 1.54) is 12.1 Å². The van der Waals surface area contributed by atoms with Crippen LogP contribution in [0.3, 0.4) is 0 Å². The number of nitrogens with zero attached hydrogens (tertiary/aromatic N) is 3. The highest BCUT2D eigenvalue weighted by Gasteiger charge is 2.28. The second-order valence-corrected chi connectivity index (χ2v) is 10.4. The van der Waals surface area contributed by atoms with Gasteiger partial charge in [-0.2, -0.15) is 0 Å². The molecule has 2 aromatic rings. The van der Waals surface area contributed by atoms with Crippen molar-refractivity contribution in [1.82, 2.24) is 24.8 Å². The van der Waals surface area contributed by atoms with Gasteiger partial charge in [0.25, 0.3) is 5.91 Å². The summed E-state index contributed by atoms with van der Waals surface area (Å²) in [5, 5.41) is 12.3. The Morgan fingerprint density at radius 3 is 2.73 bits per heavy atom. The number of carbonyl (C=O) groups excluding carboxylic acids is 1. The Kier molecular flexibility index (Phi) is 7.54. The van der Waals surface area contributed by atoms with Crippen molar-refractivity contribution in [2.45, 2.75) is 62.2 Å². The third kappa shape index (κ3) is 6.05. The van der Waals surface area contributed by atoms with E-state index in [9.17, 15) is 13.2 Å². The lowest BCUT2D eigenvalue weighted by molar-refractivity contribution is 0.0953. The van der Waals surface area contributed by atoms with E-state index < -0.39 is 10.0 Å². The number of nitrogens with one attached hydrogen (secondary N) is 2. The van der Waals surface area contributed by atoms with Crippen LogP contribution in [0.1, 0.15) is 49.3 Å². The van der Waals surface area contributed by atoms with Crippen molar-refractivity contribution in [2.75, 3.05) is 12.8 Å². The molecule has 8 nitrogen and oxygen atoms in total. The van der Waals surface area contributed by atoms with Gasteiger partial charge in [-0.1, -0.05) is 31.7 Å². The van der Waals surface area contributed by atoms with Crippen LogP contribution in [0.5, 0.6) is 0 Å². The fourth-order valence-electron chi connectivity index (χ4n) is 3.05. The minimum Gasteiger partial charge on any atom is -0.352 e. The molecule has 0 radical (unpaired) electrons. The SMILES string of the molecule is CSc1nnc(CCCNC(=O)c2cccc(S(=O)(=O)NC3CC3)c2)n1CC(C)C. The number of carbonyl (C=O) groups is 1. The lowest BCUT2D eigenvalue weighted by Crippen LogP contribution is -2.27. The standard InChI is InChI=1S/C20H29N5O3S2/c1-14(2)13-25-18(22-23-20(25)29-3)8-5-11-21-19(26)15-6-4-7-17(12-15)30(27,28)24-16-9-10-16/h4,6-7,12,14,16,24H,5,8-11,13H2,1-3H3,(H,21,26). The molecular formula is C20H29N5O3S2. The first-order chi connectivity index (χ1) is 14.3. The monoisotopic (exact) mass is 451 g/mol. The summed E-state index contributed by atoms with van der Waals surface area (Å²) in [4.78, 5) is 12.6. The molecule has 1 aromatic heterocycles. The van der Waals surface area contributed by atoms with Crippen molar-refractivity contribution >= 4 is 27.7 Å². The summed E-state index contributed by atoms with van der Waals surface area (Å²) in [6, 6.07) is 6.16. The Hall–Kier alpha value is -1.91. The van der Waals surface area contributed by atoms with E-state index in [4.69, 9.17) is 0 Å². The van der Waals surface area contributed by atoms with Crippen LogP contribution in [0, 0.1) is 5.92 Å². The van der Waals surface area contributed by atoms with Gasteiger partial charge in [-0.25, -0.2) is 13.1 Å². The van der Waals surface area contributed by atoms with Crippen molar-refractivity contribution in [1.29, 1.82) is 0 Å². The Bertz CT molecular complexity index is 984. The molecule has 1 amide bonds. The maximum atomic E-state index is 12.5. The number of hydrogen-bond donors (Lipinski definition) is 2. The van der Waals surface area contributed by atoms with E-state index in [0.29, 0.717) is 24.4 Å². The minimum atomic E-state index is -3.58. The average Bonchev–Trinajstić information content (AvgIpc) is 3.43. The number of amides is 1. The van der Waals surface area contributed by atoms with Gasteiger partial charge in [-0.05, 0) is 49.6 Å². The number of hydrogen-bond acceptors (Lipinski definition) is 6. The molecule has 0 saturated heterocycles. The topological polar surface area (TPSA) is 106 Å². The molecule has 1 aliphatic rings. The summed E-state index contributed by atoms with van der Waals surface area (Å²) in [7, 11) is -3.58. The van der Waals surface area contributed by atoms with Gasteiger partial charge in [0.2, 0.25) is 10.0 Å². The molecule has 1 fully saturated rings. The first kappa shape index (κ1) is 22.8. The quantitative estimate of drug-likeness (QED) is 0.402. The fraction of sp³-hybridized carbons (Fsp3) is 0.550. The lowest BCUT2D eigenvalue weighted by atomic mass is 10.2. The van der Waals surface area contributed by atoms with Gasteiger partial charge in [-0.3, -0.25) is 4.79 Å². The highest BCUT2D eigenvalue weighted by atomic mass is 32.2. The van der Waals surface area contributed by atoms with E-state index in [0.717, 1.165) is 36.8 Å². The maximum Gasteiger partial charge on any atom is 0.251 e. The highest BCUT2D eigenvalue weighted by molar-refractivity contribution is 7.98. The zero-order valence-corrected chi connectivity index (χ0v) is 19.2. The second kappa shape index (κ2) is 9.93. The van der Waals surface area contributed by atoms with E-state index in [2.05, 4.69) is 38.7 Å². The van der Waals surface area contributed by atoms with Crippen molar-refractivity contribution in [3.8, 4) is 0 Å².